The van der Waals surface area contributed by atoms with Crippen molar-refractivity contribution in [1.82, 2.24) is 5.32 Å². The van der Waals surface area contributed by atoms with E-state index in [1.807, 2.05) is 37.3 Å². The van der Waals surface area contributed by atoms with E-state index in [1.165, 1.54) is 0 Å². The first kappa shape index (κ1) is 23.0. The highest BCUT2D eigenvalue weighted by Crippen LogP contribution is 2.18. The highest BCUT2D eigenvalue weighted by atomic mass is 16.5. The van der Waals surface area contributed by atoms with Crippen LogP contribution in [0.2, 0.25) is 0 Å². The molecule has 0 aliphatic carbocycles. The van der Waals surface area contributed by atoms with Crippen LogP contribution in [0.4, 0.5) is 4.79 Å². The van der Waals surface area contributed by atoms with E-state index in [-0.39, 0.29) is 25.4 Å². The zero-order chi connectivity index (χ0) is 20.1. The third-order valence-corrected chi connectivity index (χ3v) is 4.44. The predicted molar refractivity (Wildman–Crippen MR) is 105 cm³/mol. The quantitative estimate of drug-likeness (QED) is 0.497. The van der Waals surface area contributed by atoms with Gasteiger partial charge < -0.3 is 19.9 Å². The number of amides is 1. The van der Waals surface area contributed by atoms with Crippen LogP contribution in [-0.4, -0.2) is 35.9 Å². The van der Waals surface area contributed by atoms with Gasteiger partial charge in [-0.05, 0) is 25.8 Å². The molecule has 0 aliphatic heterocycles. The lowest BCUT2D eigenvalue weighted by atomic mass is 9.98. The Balaban J connectivity index is 2.37. The summed E-state index contributed by atoms with van der Waals surface area (Å²) in [6.45, 7) is 6.11. The molecule has 1 aromatic carbocycles. The minimum atomic E-state index is -0.863. The van der Waals surface area contributed by atoms with E-state index in [0.29, 0.717) is 6.42 Å². The molecule has 0 aliphatic rings. The standard InChI is InChI=1S/C21H33NO5/c1-4-5-6-10-13-19(17(3)20(23)24)27-16(2)14-22-21(25)26-15-18-11-8-7-9-12-18/h7-9,11-12,16-17,19H,4-6,10,13-15H2,1-3H3,(H,22,25)(H,23,24)/t16-,17+,19+/m0/s1. The summed E-state index contributed by atoms with van der Waals surface area (Å²) in [7, 11) is 0. The first-order valence-corrected chi connectivity index (χ1v) is 9.76. The maximum Gasteiger partial charge on any atom is 0.407 e. The number of hydrogen-bond donors (Lipinski definition) is 2. The Morgan fingerprint density at radius 1 is 1.11 bits per heavy atom. The van der Waals surface area contributed by atoms with Crippen molar-refractivity contribution < 1.29 is 24.2 Å². The predicted octanol–water partition coefficient (Wildman–Crippen LogP) is 4.38. The van der Waals surface area contributed by atoms with Gasteiger partial charge in [0.1, 0.15) is 6.61 Å². The summed E-state index contributed by atoms with van der Waals surface area (Å²) in [6.07, 6.45) is 3.81. The van der Waals surface area contributed by atoms with Gasteiger partial charge in [-0.25, -0.2) is 4.79 Å². The van der Waals surface area contributed by atoms with Gasteiger partial charge in [0.05, 0.1) is 18.1 Å². The van der Waals surface area contributed by atoms with Crippen molar-refractivity contribution in [2.75, 3.05) is 6.54 Å². The summed E-state index contributed by atoms with van der Waals surface area (Å²) >= 11 is 0. The average Bonchev–Trinajstić information content (AvgIpc) is 2.67. The van der Waals surface area contributed by atoms with Crippen LogP contribution in [0.5, 0.6) is 0 Å². The minimum Gasteiger partial charge on any atom is -0.481 e. The summed E-state index contributed by atoms with van der Waals surface area (Å²) in [5, 5.41) is 12.0. The SMILES string of the molecule is CCCCCC[C@@H](O[C@@H](C)CNC(=O)OCc1ccccc1)[C@@H](C)C(=O)O. The molecule has 0 aromatic heterocycles. The molecular weight excluding hydrogens is 346 g/mol. The molecule has 0 heterocycles. The van der Waals surface area contributed by atoms with Crippen LogP contribution in [0.1, 0.15) is 58.4 Å². The van der Waals surface area contributed by atoms with E-state index in [0.717, 1.165) is 31.2 Å². The molecule has 1 rings (SSSR count). The molecule has 0 fully saturated rings. The van der Waals surface area contributed by atoms with Crippen LogP contribution in [0.15, 0.2) is 30.3 Å². The first-order valence-electron chi connectivity index (χ1n) is 9.76. The fourth-order valence-electron chi connectivity index (χ4n) is 2.71. The number of carbonyl (C=O) groups excluding carboxylic acids is 1. The Hall–Kier alpha value is -2.08. The maximum atomic E-state index is 11.8. The highest BCUT2D eigenvalue weighted by Gasteiger charge is 2.26. The number of carboxylic acids is 1. The molecule has 3 atom stereocenters. The number of ether oxygens (including phenoxy) is 2. The van der Waals surface area contributed by atoms with Gasteiger partial charge in [-0.2, -0.15) is 0 Å². The van der Waals surface area contributed by atoms with Crippen LogP contribution in [0.3, 0.4) is 0 Å². The maximum absolute atomic E-state index is 11.8. The lowest BCUT2D eigenvalue weighted by molar-refractivity contribution is -0.148. The number of hydrogen-bond acceptors (Lipinski definition) is 4. The molecule has 0 saturated heterocycles. The summed E-state index contributed by atoms with van der Waals surface area (Å²) in [5.41, 5.74) is 0.916. The van der Waals surface area contributed by atoms with E-state index in [4.69, 9.17) is 9.47 Å². The number of alkyl carbamates (subject to hydrolysis) is 1. The number of aliphatic carboxylic acids is 1. The second-order valence-electron chi connectivity index (χ2n) is 6.90. The molecule has 0 radical (unpaired) electrons. The van der Waals surface area contributed by atoms with Gasteiger partial charge >= 0.3 is 12.1 Å². The Morgan fingerprint density at radius 2 is 1.81 bits per heavy atom. The number of benzene rings is 1. The molecule has 6 heteroatoms. The van der Waals surface area contributed by atoms with Crippen molar-refractivity contribution >= 4 is 12.1 Å². The van der Waals surface area contributed by atoms with Crippen molar-refractivity contribution in [2.45, 2.75) is 71.7 Å². The van der Waals surface area contributed by atoms with E-state index in [1.54, 1.807) is 6.92 Å². The fourth-order valence-corrected chi connectivity index (χ4v) is 2.71. The van der Waals surface area contributed by atoms with Gasteiger partial charge in [0.25, 0.3) is 0 Å². The Morgan fingerprint density at radius 3 is 2.44 bits per heavy atom. The van der Waals surface area contributed by atoms with Gasteiger partial charge in [-0.1, -0.05) is 62.9 Å². The largest absolute Gasteiger partial charge is 0.481 e. The second-order valence-corrected chi connectivity index (χ2v) is 6.90. The molecular formula is C21H33NO5. The molecule has 0 unspecified atom stereocenters. The smallest absolute Gasteiger partial charge is 0.407 e. The fraction of sp³-hybridized carbons (Fsp3) is 0.619. The molecule has 1 amide bonds. The number of carbonyl (C=O) groups is 2. The third kappa shape index (κ3) is 9.99. The molecule has 0 saturated carbocycles. The van der Waals surface area contributed by atoms with Crippen molar-refractivity contribution in [1.29, 1.82) is 0 Å². The van der Waals surface area contributed by atoms with Crippen LogP contribution >= 0.6 is 0 Å². The van der Waals surface area contributed by atoms with Crippen LogP contribution in [-0.2, 0) is 20.9 Å². The molecule has 27 heavy (non-hydrogen) atoms. The number of nitrogens with one attached hydrogen (secondary N) is 1. The molecule has 2 N–H and O–H groups in total. The molecule has 0 bridgehead atoms. The summed E-state index contributed by atoms with van der Waals surface area (Å²) in [4.78, 5) is 23.1. The highest BCUT2D eigenvalue weighted by molar-refractivity contribution is 5.70. The minimum absolute atomic E-state index is 0.206. The van der Waals surface area contributed by atoms with Crippen molar-refractivity contribution in [3.8, 4) is 0 Å². The lowest BCUT2D eigenvalue weighted by Crippen LogP contribution is -2.37. The molecule has 0 spiro atoms. The van der Waals surface area contributed by atoms with E-state index >= 15 is 0 Å². The molecule has 1 aromatic rings. The van der Waals surface area contributed by atoms with Crippen molar-refractivity contribution in [3.05, 3.63) is 35.9 Å². The van der Waals surface area contributed by atoms with Gasteiger partial charge in [0.2, 0.25) is 0 Å². The third-order valence-electron chi connectivity index (χ3n) is 4.44. The van der Waals surface area contributed by atoms with Crippen LogP contribution in [0, 0.1) is 5.92 Å². The monoisotopic (exact) mass is 379 g/mol. The van der Waals surface area contributed by atoms with Gasteiger partial charge in [-0.15, -0.1) is 0 Å². The summed E-state index contributed by atoms with van der Waals surface area (Å²) < 4.78 is 11.1. The lowest BCUT2D eigenvalue weighted by Gasteiger charge is -2.25. The average molecular weight is 379 g/mol. The second kappa shape index (κ2) is 13.1. The Kier molecular flexibility index (Phi) is 11.2. The van der Waals surface area contributed by atoms with E-state index in [9.17, 15) is 14.7 Å². The Bertz CT molecular complexity index is 549. The normalized spacial score (nSPS) is 14.2. The van der Waals surface area contributed by atoms with E-state index in [2.05, 4.69) is 12.2 Å². The zero-order valence-corrected chi connectivity index (χ0v) is 16.6. The van der Waals surface area contributed by atoms with E-state index < -0.39 is 18.0 Å². The number of carboxylic acid groups (broad SMARTS) is 1. The summed E-state index contributed by atoms with van der Waals surface area (Å²) in [6, 6.07) is 9.44. The molecule has 152 valence electrons. The number of rotatable bonds is 13. The van der Waals surface area contributed by atoms with Gasteiger partial charge in [0, 0.05) is 6.54 Å². The Labute approximate surface area is 162 Å². The van der Waals surface area contributed by atoms with Crippen LogP contribution in [0.25, 0.3) is 0 Å². The van der Waals surface area contributed by atoms with Crippen LogP contribution < -0.4 is 5.32 Å². The van der Waals surface area contributed by atoms with Gasteiger partial charge in [0.15, 0.2) is 0 Å². The number of unbranched alkanes of at least 4 members (excludes halogenated alkanes) is 3. The zero-order valence-electron chi connectivity index (χ0n) is 16.6. The molecule has 6 nitrogen and oxygen atoms in total. The topological polar surface area (TPSA) is 84.9 Å². The van der Waals surface area contributed by atoms with Crippen molar-refractivity contribution in [2.24, 2.45) is 5.92 Å². The first-order chi connectivity index (χ1) is 12.9. The van der Waals surface area contributed by atoms with Gasteiger partial charge in [-0.3, -0.25) is 4.79 Å². The summed E-state index contributed by atoms with van der Waals surface area (Å²) in [5.74, 6) is -1.45. The van der Waals surface area contributed by atoms with Crippen molar-refractivity contribution in [3.63, 3.8) is 0 Å².